The Hall–Kier alpha value is -2.34. The summed E-state index contributed by atoms with van der Waals surface area (Å²) in [5, 5.41) is 0. The lowest BCUT2D eigenvalue weighted by Crippen LogP contribution is -2.42. The molecule has 0 aliphatic heterocycles. The van der Waals surface area contributed by atoms with E-state index < -0.39 is 0 Å². The predicted octanol–water partition coefficient (Wildman–Crippen LogP) is 27.7. The molecular formula is C101H160. The minimum absolute atomic E-state index is 0. The van der Waals surface area contributed by atoms with Crippen LogP contribution in [0.5, 0.6) is 0 Å². The molecule has 0 radical (unpaired) electrons. The quantitative estimate of drug-likeness (QED) is 0.194. The van der Waals surface area contributed by atoms with E-state index in [9.17, 15) is 0 Å². The first-order chi connectivity index (χ1) is 45.8. The van der Waals surface area contributed by atoms with Crippen molar-refractivity contribution in [1.82, 2.24) is 0 Å². The highest BCUT2D eigenvalue weighted by Gasteiger charge is 2.72. The van der Waals surface area contributed by atoms with Gasteiger partial charge in [-0.3, -0.25) is 0 Å². The Kier molecular flexibility index (Phi) is 20.8. The van der Waals surface area contributed by atoms with Crippen LogP contribution >= 0.6 is 0 Å². The maximum absolute atomic E-state index is 2.61. The monoisotopic (exact) mass is 1370 g/mol. The van der Waals surface area contributed by atoms with Crippen LogP contribution in [-0.4, -0.2) is 0 Å². The van der Waals surface area contributed by atoms with Crippen molar-refractivity contribution in [3.8, 4) is 0 Å². The molecule has 0 nitrogen and oxygen atoms in total. The van der Waals surface area contributed by atoms with Crippen molar-refractivity contribution in [3.63, 3.8) is 0 Å². The molecular weight excluding hydrogens is 1210 g/mol. The van der Waals surface area contributed by atoms with E-state index in [-0.39, 0.29) is 44.6 Å². The molecule has 24 aliphatic carbocycles. The van der Waals surface area contributed by atoms with Crippen molar-refractivity contribution in [2.75, 3.05) is 0 Å². The number of fused-ring (bicyclic) bond motifs is 54. The average molecular weight is 1370 g/mol. The molecule has 0 amide bonds. The highest BCUT2D eigenvalue weighted by atomic mass is 14.8. The maximum Gasteiger partial charge on any atom is -0.0107 e. The first kappa shape index (κ1) is 76.8. The van der Waals surface area contributed by atoms with E-state index in [1.165, 1.54) is 77.0 Å². The van der Waals surface area contributed by atoms with E-state index in [1.807, 2.05) is 11.1 Å². The summed E-state index contributed by atoms with van der Waals surface area (Å²) in [6.07, 6.45) is 58.9. The largest absolute Gasteiger partial charge is 0.0882 e. The van der Waals surface area contributed by atoms with E-state index in [2.05, 4.69) is 202 Å². The van der Waals surface area contributed by atoms with Crippen molar-refractivity contribution in [1.29, 1.82) is 0 Å². The molecule has 18 saturated carbocycles. The van der Waals surface area contributed by atoms with E-state index >= 15 is 0 Å². The minimum atomic E-state index is 0. The molecule has 0 aromatic rings. The van der Waals surface area contributed by atoms with Gasteiger partial charge in [0.2, 0.25) is 0 Å². The molecule has 564 valence electrons. The van der Waals surface area contributed by atoms with Gasteiger partial charge in [0.1, 0.15) is 0 Å². The third-order valence-electron chi connectivity index (χ3n) is 39.3. The number of hydrogen-bond acceptors (Lipinski definition) is 0. The van der Waals surface area contributed by atoms with E-state index in [1.54, 1.807) is 18.4 Å². The lowest BCUT2D eigenvalue weighted by molar-refractivity contribution is 0.0265. The van der Waals surface area contributed by atoms with Gasteiger partial charge in [-0.15, -0.1) is 0 Å². The molecule has 0 saturated heterocycles. The zero-order valence-corrected chi connectivity index (χ0v) is 63.0. The summed E-state index contributed by atoms with van der Waals surface area (Å²) in [5.74, 6) is 45.6. The van der Waals surface area contributed by atoms with Crippen molar-refractivity contribution >= 4 is 0 Å². The fourth-order valence-electron chi connectivity index (χ4n) is 36.7. The van der Waals surface area contributed by atoms with Crippen molar-refractivity contribution in [3.05, 3.63) is 108 Å². The van der Waals surface area contributed by atoms with Crippen LogP contribution in [0.2, 0.25) is 0 Å². The second-order valence-corrected chi connectivity index (χ2v) is 41.5. The van der Waals surface area contributed by atoms with Gasteiger partial charge in [-0.2, -0.15) is 0 Å². The van der Waals surface area contributed by atoms with Gasteiger partial charge in [-0.05, 0) is 381 Å². The Morgan fingerprint density at radius 3 is 1.39 bits per heavy atom. The highest BCUT2D eigenvalue weighted by Crippen LogP contribution is 2.79. The average Bonchev–Trinajstić information content (AvgIpc) is 1.52. The minimum Gasteiger partial charge on any atom is -0.0882 e. The molecule has 0 aromatic carbocycles. The summed E-state index contributed by atoms with van der Waals surface area (Å²) >= 11 is 0. The zero-order valence-electron chi connectivity index (χ0n) is 63.0. The Morgan fingerprint density at radius 1 is 0.396 bits per heavy atom. The number of allylic oxidation sites excluding steroid dienone is 18. The number of hydrogen-bond donors (Lipinski definition) is 0. The van der Waals surface area contributed by atoms with Crippen LogP contribution in [0.1, 0.15) is 245 Å². The maximum atomic E-state index is 2.61. The molecule has 24 rings (SSSR count). The molecule has 0 heteroatoms. The molecule has 0 N–H and O–H groups in total. The summed E-state index contributed by atoms with van der Waals surface area (Å²) in [5.41, 5.74) is 6.70. The molecule has 24 bridgehead atoms. The topological polar surface area (TPSA) is 0 Å². The molecule has 0 heterocycles. The SMILES string of the molecule is C.C.C.C.C.C.C/C=C1/C(C)C2CC1C1C3C=CC(C3)C21.C/C=C1/C(CC)C2CC1C1C3C=CC(C3)C21.C/C=C1/CC2CC1C1C3C=CC(C3)C21.CC(C)CC1CC2C(C)C1C1C3C=CC(C3C)C21.CC1C2CC(C)(C1C)C1C3C=CC(C)(C3)C21.CCC1CC2C(C)C1C1C3C=CC(C3C)C21. The van der Waals surface area contributed by atoms with Gasteiger partial charge in [0.05, 0.1) is 0 Å². The second kappa shape index (κ2) is 27.3. The van der Waals surface area contributed by atoms with Gasteiger partial charge in [0.25, 0.3) is 0 Å². The molecule has 18 fully saturated rings. The molecule has 0 aromatic heterocycles. The van der Waals surface area contributed by atoms with Crippen LogP contribution in [0.15, 0.2) is 108 Å². The first-order valence-corrected chi connectivity index (χ1v) is 42.9. The number of rotatable bonds is 4. The normalized spacial score (nSPS) is 59.1. The van der Waals surface area contributed by atoms with E-state index in [0.717, 1.165) is 266 Å². The highest BCUT2D eigenvalue weighted by molar-refractivity contribution is 5.35. The van der Waals surface area contributed by atoms with Crippen LogP contribution in [0.4, 0.5) is 0 Å². The smallest absolute Gasteiger partial charge is 0.0107 e. The second-order valence-electron chi connectivity index (χ2n) is 41.5. The first-order valence-electron chi connectivity index (χ1n) is 42.9. The van der Waals surface area contributed by atoms with Gasteiger partial charge in [-0.25, -0.2) is 0 Å². The summed E-state index contributed by atoms with van der Waals surface area (Å²) in [4.78, 5) is 0. The summed E-state index contributed by atoms with van der Waals surface area (Å²) < 4.78 is 0. The Labute approximate surface area is 626 Å². The molecule has 101 heavy (non-hydrogen) atoms. The zero-order chi connectivity index (χ0) is 65.2. The Morgan fingerprint density at radius 2 is 0.871 bits per heavy atom. The van der Waals surface area contributed by atoms with Crippen molar-refractivity contribution in [2.45, 2.75) is 245 Å². The van der Waals surface area contributed by atoms with Crippen molar-refractivity contribution in [2.24, 2.45) is 277 Å². The molecule has 24 aliphatic rings. The van der Waals surface area contributed by atoms with Crippen LogP contribution in [0.25, 0.3) is 0 Å². The van der Waals surface area contributed by atoms with Gasteiger partial charge >= 0.3 is 0 Å². The third kappa shape index (κ3) is 10.3. The summed E-state index contributed by atoms with van der Waals surface area (Å²) in [6.45, 7) is 39.3. The summed E-state index contributed by atoms with van der Waals surface area (Å²) in [7, 11) is 0. The van der Waals surface area contributed by atoms with Crippen LogP contribution in [0.3, 0.4) is 0 Å². The predicted molar refractivity (Wildman–Crippen MR) is 437 cm³/mol. The standard InChI is InChI=1S/C18H28.2C16H24.C16H22.C15H20.C14H18.6CH4/c1-9(2)7-12-8-15-11(4)16(12)18-14-6-5-13(10(14)3)17(15)18;1-9-10(2)16(4)8-12(9)14-13(16)11-5-6-15(14,3)7-11;1-4-10-7-13-9(3)14(10)16-12-6-5-11(8(12)2)15(13)16;1-3-11-12(4-2)14-8-13(11)15-9-5-6-10(7-9)16(14)15;1-3-11-8(2)12-7-13(11)15-10-5-4-9(6-10)14(12)15;1-2-8-5-11-7-12(8)14-10-4-3-9(6-10)13(11)14;;;;;;/h5-6,9-18H,7-8H2,1-4H3;5-6,9-14H,7-8H2,1-4H3;5-6,8-16H,4,7H2,1-3H3;3,5-6,9-10,12-16H,4,7-8H2,1-2H3;3-5,8-10,12-15H,6-7H2,1-2H3;2-4,9-14H,5-7H2,1H3;6*1H4/b;;;2*11-3-;8-2-;;;;;;. The Balaban J connectivity index is 0.000000107. The Bertz CT molecular complexity index is 3290. The van der Waals surface area contributed by atoms with E-state index in [4.69, 9.17) is 0 Å². The fraction of sp³-hybridized carbons (Fsp3) is 0.822. The molecule has 46 unspecified atom stereocenters. The third-order valence-corrected chi connectivity index (χ3v) is 39.3. The summed E-state index contributed by atoms with van der Waals surface area (Å²) in [6, 6.07) is 0. The van der Waals surface area contributed by atoms with Gasteiger partial charge in [0, 0.05) is 0 Å². The van der Waals surface area contributed by atoms with Crippen LogP contribution in [0, 0.1) is 277 Å². The molecule has 46 atom stereocenters. The molecule has 0 spiro atoms. The van der Waals surface area contributed by atoms with Gasteiger partial charge in [0.15, 0.2) is 0 Å². The van der Waals surface area contributed by atoms with Crippen molar-refractivity contribution < 1.29 is 0 Å². The lowest BCUT2D eigenvalue weighted by Gasteiger charge is -2.47. The van der Waals surface area contributed by atoms with Crippen LogP contribution in [-0.2, 0) is 0 Å². The van der Waals surface area contributed by atoms with E-state index in [0.29, 0.717) is 10.8 Å². The van der Waals surface area contributed by atoms with Gasteiger partial charge in [-0.1, -0.05) is 249 Å². The van der Waals surface area contributed by atoms with Crippen LogP contribution < -0.4 is 0 Å². The lowest BCUT2D eigenvalue weighted by atomic mass is 9.57. The van der Waals surface area contributed by atoms with Gasteiger partial charge < -0.3 is 0 Å². The fourth-order valence-corrected chi connectivity index (χ4v) is 36.7.